The quantitative estimate of drug-likeness (QED) is 0.860. The molecule has 0 aliphatic rings. The molecule has 0 unspecified atom stereocenters. The molecule has 1 heterocycles. The maximum atomic E-state index is 11.7. The van der Waals surface area contributed by atoms with Crippen LogP contribution in [-0.2, 0) is 4.79 Å². The first-order chi connectivity index (χ1) is 8.65. The highest BCUT2D eigenvalue weighted by molar-refractivity contribution is 7.99. The summed E-state index contributed by atoms with van der Waals surface area (Å²) in [5.74, 6) is 1.01. The average Bonchev–Trinajstić information content (AvgIpc) is 2.68. The highest BCUT2D eigenvalue weighted by atomic mass is 32.2. The van der Waals surface area contributed by atoms with Gasteiger partial charge in [0.2, 0.25) is 5.91 Å². The van der Waals surface area contributed by atoms with Crippen molar-refractivity contribution in [2.45, 2.75) is 19.1 Å². The van der Waals surface area contributed by atoms with Gasteiger partial charge in [0.05, 0.1) is 11.4 Å². The second-order valence-corrected chi connectivity index (χ2v) is 4.75. The zero-order valence-corrected chi connectivity index (χ0v) is 11.1. The molecule has 18 heavy (non-hydrogen) atoms. The van der Waals surface area contributed by atoms with Crippen molar-refractivity contribution in [3.8, 4) is 0 Å². The van der Waals surface area contributed by atoms with Gasteiger partial charge in [-0.05, 0) is 26.0 Å². The van der Waals surface area contributed by atoms with Gasteiger partial charge in [0.25, 0.3) is 5.22 Å². The first-order valence-electron chi connectivity index (χ1n) is 5.57. The summed E-state index contributed by atoms with van der Waals surface area (Å²) in [6, 6.07) is 9.36. The van der Waals surface area contributed by atoms with Crippen molar-refractivity contribution >= 4 is 23.4 Å². The molecule has 94 valence electrons. The largest absolute Gasteiger partial charge is 0.437 e. The summed E-state index contributed by atoms with van der Waals surface area (Å²) in [7, 11) is 0. The number of nitrogens with zero attached hydrogens (tertiary/aromatic N) is 1. The SMILES string of the molecule is Cc1nc(SCC(=O)Nc2ccccc2)oc1C. The standard InChI is InChI=1S/C13H14N2O2S/c1-9-10(2)17-13(14-9)18-8-12(16)15-11-6-4-3-5-7-11/h3-7H,8H2,1-2H3,(H,15,16). The van der Waals surface area contributed by atoms with Gasteiger partial charge >= 0.3 is 0 Å². The lowest BCUT2D eigenvalue weighted by atomic mass is 10.3. The van der Waals surface area contributed by atoms with E-state index in [9.17, 15) is 4.79 Å². The Labute approximate surface area is 110 Å². The molecule has 0 fully saturated rings. The number of hydrogen-bond acceptors (Lipinski definition) is 4. The summed E-state index contributed by atoms with van der Waals surface area (Å²) in [5, 5.41) is 3.34. The molecule has 0 radical (unpaired) electrons. The lowest BCUT2D eigenvalue weighted by Gasteiger charge is -2.02. The van der Waals surface area contributed by atoms with E-state index in [0.29, 0.717) is 5.22 Å². The van der Waals surface area contributed by atoms with Crippen LogP contribution in [0.1, 0.15) is 11.5 Å². The number of benzene rings is 1. The van der Waals surface area contributed by atoms with E-state index >= 15 is 0 Å². The molecule has 0 spiro atoms. The summed E-state index contributed by atoms with van der Waals surface area (Å²) in [4.78, 5) is 15.9. The van der Waals surface area contributed by atoms with Gasteiger partial charge in [0, 0.05) is 5.69 Å². The summed E-state index contributed by atoms with van der Waals surface area (Å²) >= 11 is 1.29. The van der Waals surface area contributed by atoms with Gasteiger partial charge in [0.15, 0.2) is 0 Å². The van der Waals surface area contributed by atoms with E-state index in [-0.39, 0.29) is 11.7 Å². The maximum Gasteiger partial charge on any atom is 0.256 e. The molecule has 1 amide bonds. The molecule has 1 aromatic carbocycles. The van der Waals surface area contributed by atoms with Crippen molar-refractivity contribution in [3.63, 3.8) is 0 Å². The fraction of sp³-hybridized carbons (Fsp3) is 0.231. The Hall–Kier alpha value is -1.75. The van der Waals surface area contributed by atoms with Crippen molar-refractivity contribution in [2.75, 3.05) is 11.1 Å². The molecule has 2 rings (SSSR count). The van der Waals surface area contributed by atoms with E-state index in [1.54, 1.807) is 0 Å². The van der Waals surface area contributed by atoms with Crippen LogP contribution in [0.25, 0.3) is 0 Å². The van der Waals surface area contributed by atoms with Crippen LogP contribution < -0.4 is 5.32 Å². The Morgan fingerprint density at radius 3 is 2.67 bits per heavy atom. The van der Waals surface area contributed by atoms with Gasteiger partial charge in [-0.2, -0.15) is 0 Å². The molecule has 0 atom stereocenters. The fourth-order valence-corrected chi connectivity index (χ4v) is 2.06. The van der Waals surface area contributed by atoms with Crippen LogP contribution >= 0.6 is 11.8 Å². The van der Waals surface area contributed by atoms with Gasteiger partial charge in [-0.3, -0.25) is 4.79 Å². The zero-order valence-electron chi connectivity index (χ0n) is 10.3. The number of aryl methyl sites for hydroxylation is 2. The molecule has 0 saturated heterocycles. The molecule has 0 aliphatic carbocycles. The van der Waals surface area contributed by atoms with Crippen molar-refractivity contribution in [2.24, 2.45) is 0 Å². The van der Waals surface area contributed by atoms with Crippen molar-refractivity contribution < 1.29 is 9.21 Å². The predicted molar refractivity (Wildman–Crippen MR) is 71.8 cm³/mol. The third kappa shape index (κ3) is 3.37. The topological polar surface area (TPSA) is 55.1 Å². The number of amides is 1. The van der Waals surface area contributed by atoms with Gasteiger partial charge in [-0.25, -0.2) is 4.98 Å². The lowest BCUT2D eigenvalue weighted by Crippen LogP contribution is -2.13. The minimum absolute atomic E-state index is 0.0697. The van der Waals surface area contributed by atoms with E-state index in [1.165, 1.54) is 11.8 Å². The number of anilines is 1. The number of hydrogen-bond donors (Lipinski definition) is 1. The highest BCUT2D eigenvalue weighted by Crippen LogP contribution is 2.20. The van der Waals surface area contributed by atoms with Gasteiger partial charge in [-0.15, -0.1) is 0 Å². The summed E-state index contributed by atoms with van der Waals surface area (Å²) in [6.07, 6.45) is 0. The predicted octanol–water partition coefficient (Wildman–Crippen LogP) is 3.02. The van der Waals surface area contributed by atoms with E-state index in [4.69, 9.17) is 4.42 Å². The summed E-state index contributed by atoms with van der Waals surface area (Å²) < 4.78 is 5.39. The molecule has 1 aromatic heterocycles. The minimum Gasteiger partial charge on any atom is -0.437 e. The highest BCUT2D eigenvalue weighted by Gasteiger charge is 2.09. The number of para-hydroxylation sites is 1. The molecule has 0 aliphatic heterocycles. The molecular weight excluding hydrogens is 248 g/mol. The molecule has 0 bridgehead atoms. The molecule has 0 saturated carbocycles. The molecule has 5 heteroatoms. The van der Waals surface area contributed by atoms with E-state index < -0.39 is 0 Å². The monoisotopic (exact) mass is 262 g/mol. The van der Waals surface area contributed by atoms with Gasteiger partial charge in [0.1, 0.15) is 5.76 Å². The Morgan fingerprint density at radius 1 is 1.33 bits per heavy atom. The second kappa shape index (κ2) is 5.73. The first kappa shape index (κ1) is 12.7. The van der Waals surface area contributed by atoms with E-state index in [1.807, 2.05) is 44.2 Å². The second-order valence-electron chi connectivity index (χ2n) is 3.82. The third-order valence-electron chi connectivity index (χ3n) is 2.39. The van der Waals surface area contributed by atoms with Gasteiger partial charge < -0.3 is 9.73 Å². The third-order valence-corrected chi connectivity index (χ3v) is 3.22. The van der Waals surface area contributed by atoms with Crippen LogP contribution in [0.4, 0.5) is 5.69 Å². The number of thioether (sulfide) groups is 1. The van der Waals surface area contributed by atoms with E-state index in [0.717, 1.165) is 17.1 Å². The first-order valence-corrected chi connectivity index (χ1v) is 6.55. The number of nitrogens with one attached hydrogen (secondary N) is 1. The Morgan fingerprint density at radius 2 is 2.06 bits per heavy atom. The molecule has 4 nitrogen and oxygen atoms in total. The smallest absolute Gasteiger partial charge is 0.256 e. The molecular formula is C13H14N2O2S. The summed E-state index contributed by atoms with van der Waals surface area (Å²) in [5.41, 5.74) is 1.66. The van der Waals surface area contributed by atoms with Crippen LogP contribution in [0.15, 0.2) is 40.0 Å². The summed E-state index contributed by atoms with van der Waals surface area (Å²) in [6.45, 7) is 3.74. The fourth-order valence-electron chi connectivity index (χ4n) is 1.35. The zero-order chi connectivity index (χ0) is 13.0. The minimum atomic E-state index is -0.0697. The molecule has 1 N–H and O–H groups in total. The van der Waals surface area contributed by atoms with Crippen LogP contribution in [0, 0.1) is 13.8 Å². The Balaban J connectivity index is 1.85. The maximum absolute atomic E-state index is 11.7. The van der Waals surface area contributed by atoms with Crippen molar-refractivity contribution in [1.29, 1.82) is 0 Å². The Bertz CT molecular complexity index is 518. The van der Waals surface area contributed by atoms with Gasteiger partial charge in [-0.1, -0.05) is 30.0 Å². The van der Waals surface area contributed by atoms with Crippen LogP contribution in [0.2, 0.25) is 0 Å². The van der Waals surface area contributed by atoms with Crippen LogP contribution in [0.3, 0.4) is 0 Å². The number of rotatable bonds is 4. The number of carbonyl (C=O) groups is 1. The van der Waals surface area contributed by atoms with Crippen LogP contribution in [-0.4, -0.2) is 16.6 Å². The molecule has 2 aromatic rings. The van der Waals surface area contributed by atoms with Crippen molar-refractivity contribution in [3.05, 3.63) is 41.8 Å². The lowest BCUT2D eigenvalue weighted by molar-refractivity contribution is -0.113. The number of carbonyl (C=O) groups excluding carboxylic acids is 1. The normalized spacial score (nSPS) is 10.3. The van der Waals surface area contributed by atoms with Crippen molar-refractivity contribution in [1.82, 2.24) is 4.98 Å². The average molecular weight is 262 g/mol. The number of aromatic nitrogens is 1. The Kier molecular flexibility index (Phi) is 4.04. The number of oxazole rings is 1. The van der Waals surface area contributed by atoms with E-state index in [2.05, 4.69) is 10.3 Å². The van der Waals surface area contributed by atoms with Crippen LogP contribution in [0.5, 0.6) is 0 Å².